The van der Waals surface area contributed by atoms with Crippen LogP contribution in [0.4, 0.5) is 0 Å². The molecule has 1 N–H and O–H groups in total. The Morgan fingerprint density at radius 2 is 1.75 bits per heavy atom. The number of nitrogens with one attached hydrogen (secondary N) is 1. The first-order valence-electron chi connectivity index (χ1n) is 8.60. The van der Waals surface area contributed by atoms with E-state index in [-0.39, 0.29) is 0 Å². The third-order valence-electron chi connectivity index (χ3n) is 4.81. The monoisotopic (exact) mass is 282 g/mol. The largest absolute Gasteiger partial charge is 0.312 e. The minimum absolute atomic E-state index is 0.299. The van der Waals surface area contributed by atoms with Crippen molar-refractivity contribution in [3.05, 3.63) is 12.7 Å². The Morgan fingerprint density at radius 1 is 1.10 bits per heavy atom. The highest BCUT2D eigenvalue weighted by atomic mass is 15.2. The second kappa shape index (κ2) is 11.3. The molecule has 0 aliphatic rings. The summed E-state index contributed by atoms with van der Waals surface area (Å²) in [5.74, 6) is 0. The van der Waals surface area contributed by atoms with E-state index < -0.39 is 0 Å². The van der Waals surface area contributed by atoms with Gasteiger partial charge in [-0.1, -0.05) is 39.7 Å². The smallest absolute Gasteiger partial charge is 0.0351 e. The van der Waals surface area contributed by atoms with Gasteiger partial charge in [-0.15, -0.1) is 6.58 Å². The van der Waals surface area contributed by atoms with E-state index in [4.69, 9.17) is 0 Å². The normalized spacial score (nSPS) is 13.7. The van der Waals surface area contributed by atoms with Crippen molar-refractivity contribution >= 4 is 0 Å². The van der Waals surface area contributed by atoms with Crippen LogP contribution in [0.15, 0.2) is 12.7 Å². The molecule has 20 heavy (non-hydrogen) atoms. The second-order valence-electron chi connectivity index (χ2n) is 6.14. The average Bonchev–Trinajstić information content (AvgIpc) is 2.44. The van der Waals surface area contributed by atoms with Gasteiger partial charge in [0.15, 0.2) is 0 Å². The predicted octanol–water partition coefficient (Wildman–Crippen LogP) is 4.61. The van der Waals surface area contributed by atoms with Gasteiger partial charge in [-0.05, 0) is 59.2 Å². The fourth-order valence-corrected chi connectivity index (χ4v) is 3.38. The Labute approximate surface area is 128 Å². The maximum atomic E-state index is 3.82. The lowest BCUT2D eigenvalue weighted by Gasteiger charge is -2.46. The third kappa shape index (κ3) is 5.97. The molecule has 2 heteroatoms. The van der Waals surface area contributed by atoms with Gasteiger partial charge < -0.3 is 10.2 Å². The summed E-state index contributed by atoms with van der Waals surface area (Å²) in [4.78, 5) is 2.45. The molecular weight excluding hydrogens is 244 g/mol. The summed E-state index contributed by atoms with van der Waals surface area (Å²) in [6.45, 7) is 11.9. The van der Waals surface area contributed by atoms with Gasteiger partial charge in [-0.3, -0.25) is 0 Å². The lowest BCUT2D eigenvalue weighted by Crippen LogP contribution is -2.58. The average molecular weight is 283 g/mol. The molecule has 120 valence electrons. The molecule has 0 aliphatic heterocycles. The van der Waals surface area contributed by atoms with Crippen molar-refractivity contribution < 1.29 is 0 Å². The zero-order valence-electron chi connectivity index (χ0n) is 14.7. The molecule has 0 rings (SSSR count). The van der Waals surface area contributed by atoms with Crippen LogP contribution < -0.4 is 5.32 Å². The summed E-state index contributed by atoms with van der Waals surface area (Å²) >= 11 is 0. The van der Waals surface area contributed by atoms with Gasteiger partial charge in [-0.2, -0.15) is 0 Å². The minimum Gasteiger partial charge on any atom is -0.312 e. The number of likely N-dealkylation sites (N-methyl/N-ethyl adjacent to an activating group) is 1. The van der Waals surface area contributed by atoms with Crippen LogP contribution in [0.5, 0.6) is 0 Å². The standard InChI is InChI=1S/C18H38N2/c1-7-11-12-13-14-15-17(19-16-8-2)18(9-3,10-4)20(5)6/h7,17,19H,1,8-16H2,2-6H3. The van der Waals surface area contributed by atoms with Crippen molar-refractivity contribution in [2.75, 3.05) is 20.6 Å². The first-order valence-corrected chi connectivity index (χ1v) is 8.60. The number of rotatable bonds is 13. The van der Waals surface area contributed by atoms with Crippen LogP contribution in [-0.4, -0.2) is 37.1 Å². The summed E-state index contributed by atoms with van der Waals surface area (Å²) in [6, 6.07) is 0.608. The van der Waals surface area contributed by atoms with E-state index in [9.17, 15) is 0 Å². The fourth-order valence-electron chi connectivity index (χ4n) is 3.38. The summed E-state index contributed by atoms with van der Waals surface area (Å²) in [6.07, 6.45) is 12.1. The van der Waals surface area contributed by atoms with Crippen LogP contribution in [0, 0.1) is 0 Å². The zero-order valence-corrected chi connectivity index (χ0v) is 14.7. The van der Waals surface area contributed by atoms with E-state index in [0.717, 1.165) is 13.0 Å². The molecule has 0 fully saturated rings. The van der Waals surface area contributed by atoms with E-state index in [1.54, 1.807) is 0 Å². The fraction of sp³-hybridized carbons (Fsp3) is 0.889. The highest BCUT2D eigenvalue weighted by molar-refractivity contribution is 4.96. The van der Waals surface area contributed by atoms with E-state index >= 15 is 0 Å². The number of hydrogen-bond donors (Lipinski definition) is 1. The summed E-state index contributed by atoms with van der Waals surface area (Å²) in [5, 5.41) is 3.82. The first-order chi connectivity index (χ1) is 9.58. The Balaban J connectivity index is 4.60. The van der Waals surface area contributed by atoms with E-state index in [0.29, 0.717) is 11.6 Å². The van der Waals surface area contributed by atoms with Crippen molar-refractivity contribution in [3.8, 4) is 0 Å². The number of nitrogens with zero attached hydrogens (tertiary/aromatic N) is 1. The summed E-state index contributed by atoms with van der Waals surface area (Å²) in [7, 11) is 4.48. The van der Waals surface area contributed by atoms with Crippen molar-refractivity contribution in [2.24, 2.45) is 0 Å². The van der Waals surface area contributed by atoms with E-state index in [1.807, 2.05) is 6.08 Å². The Hall–Kier alpha value is -0.340. The molecule has 2 nitrogen and oxygen atoms in total. The van der Waals surface area contributed by atoms with Crippen LogP contribution in [0.25, 0.3) is 0 Å². The first kappa shape index (κ1) is 19.7. The molecule has 0 aromatic rings. The minimum atomic E-state index is 0.299. The van der Waals surface area contributed by atoms with Crippen LogP contribution in [0.2, 0.25) is 0 Å². The molecule has 0 aliphatic carbocycles. The quantitative estimate of drug-likeness (QED) is 0.392. The van der Waals surface area contributed by atoms with Gasteiger partial charge in [0, 0.05) is 11.6 Å². The van der Waals surface area contributed by atoms with Crippen molar-refractivity contribution in [1.29, 1.82) is 0 Å². The SMILES string of the molecule is C=CCCCCCC(NCCC)C(CC)(CC)N(C)C. The van der Waals surface area contributed by atoms with Gasteiger partial charge >= 0.3 is 0 Å². The lowest BCUT2D eigenvalue weighted by atomic mass is 9.80. The predicted molar refractivity (Wildman–Crippen MR) is 92.4 cm³/mol. The molecule has 0 amide bonds. The Bertz CT molecular complexity index is 232. The molecule has 0 spiro atoms. The van der Waals surface area contributed by atoms with Crippen LogP contribution in [0.1, 0.15) is 72.1 Å². The molecule has 0 bridgehead atoms. The van der Waals surface area contributed by atoms with Gasteiger partial charge in [0.2, 0.25) is 0 Å². The molecule has 0 radical (unpaired) electrons. The Morgan fingerprint density at radius 3 is 2.20 bits per heavy atom. The van der Waals surface area contributed by atoms with Crippen molar-refractivity contribution in [2.45, 2.75) is 83.7 Å². The molecule has 1 unspecified atom stereocenters. The second-order valence-corrected chi connectivity index (χ2v) is 6.14. The zero-order chi connectivity index (χ0) is 15.4. The molecule has 0 heterocycles. The highest BCUT2D eigenvalue weighted by Crippen LogP contribution is 2.29. The molecule has 0 saturated carbocycles. The maximum absolute atomic E-state index is 3.82. The number of unbranched alkanes of at least 4 members (excludes halogenated alkanes) is 3. The third-order valence-corrected chi connectivity index (χ3v) is 4.81. The number of hydrogen-bond acceptors (Lipinski definition) is 2. The number of allylic oxidation sites excluding steroid dienone is 1. The van der Waals surface area contributed by atoms with Crippen LogP contribution in [0.3, 0.4) is 0 Å². The van der Waals surface area contributed by atoms with Crippen molar-refractivity contribution in [1.82, 2.24) is 10.2 Å². The lowest BCUT2D eigenvalue weighted by molar-refractivity contribution is 0.0828. The topological polar surface area (TPSA) is 15.3 Å². The van der Waals surface area contributed by atoms with Gasteiger partial charge in [-0.25, -0.2) is 0 Å². The van der Waals surface area contributed by atoms with Gasteiger partial charge in [0.25, 0.3) is 0 Å². The van der Waals surface area contributed by atoms with Gasteiger partial charge in [0.1, 0.15) is 0 Å². The summed E-state index contributed by atoms with van der Waals surface area (Å²) < 4.78 is 0. The Kier molecular flexibility index (Phi) is 11.1. The maximum Gasteiger partial charge on any atom is 0.0351 e. The molecule has 0 saturated heterocycles. The van der Waals surface area contributed by atoms with Gasteiger partial charge in [0.05, 0.1) is 0 Å². The van der Waals surface area contributed by atoms with Crippen LogP contribution >= 0.6 is 0 Å². The van der Waals surface area contributed by atoms with Crippen LogP contribution in [-0.2, 0) is 0 Å². The van der Waals surface area contributed by atoms with E-state index in [2.05, 4.69) is 51.7 Å². The highest BCUT2D eigenvalue weighted by Gasteiger charge is 2.36. The van der Waals surface area contributed by atoms with Crippen molar-refractivity contribution in [3.63, 3.8) is 0 Å². The molecular formula is C18H38N2. The van der Waals surface area contributed by atoms with E-state index in [1.165, 1.54) is 44.9 Å². The molecule has 0 aromatic heterocycles. The summed E-state index contributed by atoms with van der Waals surface area (Å²) in [5.41, 5.74) is 0.299. The molecule has 0 aromatic carbocycles. The molecule has 1 atom stereocenters.